The van der Waals surface area contributed by atoms with Crippen molar-refractivity contribution in [2.24, 2.45) is 16.1 Å². The maximum atomic E-state index is 6.02. The van der Waals surface area contributed by atoms with Crippen LogP contribution in [0.25, 0.3) is 11.3 Å². The van der Waals surface area contributed by atoms with E-state index in [4.69, 9.17) is 20.2 Å². The van der Waals surface area contributed by atoms with Gasteiger partial charge in [0.2, 0.25) is 0 Å². The first kappa shape index (κ1) is 16.7. The molecule has 140 valence electrons. The molecule has 0 radical (unpaired) electrons. The molecule has 0 bridgehead atoms. The SMILES string of the molecule is CO[C@H]1CC[C@]2(CC1)Cc1ccc(-c3cccnn3)cc1C21COC(N)=N1. The Morgan fingerprint density at radius 2 is 2.07 bits per heavy atom. The Bertz CT molecular complexity index is 890. The molecule has 2 heterocycles. The van der Waals surface area contributed by atoms with Gasteiger partial charge in [-0.1, -0.05) is 12.1 Å². The highest BCUT2D eigenvalue weighted by atomic mass is 16.5. The van der Waals surface area contributed by atoms with Crippen LogP contribution in [0.1, 0.15) is 36.8 Å². The molecular formula is C21H24N4O2. The predicted octanol–water partition coefficient (Wildman–Crippen LogP) is 2.82. The number of fused-ring (bicyclic) bond motifs is 3. The monoisotopic (exact) mass is 364 g/mol. The number of ether oxygens (including phenoxy) is 2. The Balaban J connectivity index is 1.61. The summed E-state index contributed by atoms with van der Waals surface area (Å²) >= 11 is 0. The molecule has 5 rings (SSSR count). The Morgan fingerprint density at radius 1 is 1.22 bits per heavy atom. The van der Waals surface area contributed by atoms with Crippen molar-refractivity contribution in [2.75, 3.05) is 13.7 Å². The van der Waals surface area contributed by atoms with Crippen LogP contribution in [0.4, 0.5) is 0 Å². The van der Waals surface area contributed by atoms with Crippen LogP contribution in [0, 0.1) is 5.41 Å². The number of aliphatic imine (C=N–C) groups is 1. The third kappa shape index (κ3) is 2.39. The highest BCUT2D eigenvalue weighted by molar-refractivity contribution is 5.75. The second-order valence-corrected chi connectivity index (χ2v) is 7.97. The normalized spacial score (nSPS) is 31.7. The first-order chi connectivity index (χ1) is 13.2. The zero-order valence-electron chi connectivity index (χ0n) is 15.5. The summed E-state index contributed by atoms with van der Waals surface area (Å²) in [6.07, 6.45) is 7.30. The lowest BCUT2D eigenvalue weighted by atomic mass is 9.62. The lowest BCUT2D eigenvalue weighted by Crippen LogP contribution is -2.46. The van der Waals surface area contributed by atoms with Crippen molar-refractivity contribution >= 4 is 6.02 Å². The third-order valence-corrected chi connectivity index (χ3v) is 6.78. The molecule has 6 heteroatoms. The summed E-state index contributed by atoms with van der Waals surface area (Å²) in [5, 5.41) is 8.29. The van der Waals surface area contributed by atoms with Crippen LogP contribution in [-0.4, -0.2) is 36.0 Å². The fourth-order valence-electron chi connectivity index (χ4n) is 5.34. The van der Waals surface area contributed by atoms with Crippen LogP contribution < -0.4 is 5.73 Å². The minimum atomic E-state index is -0.399. The van der Waals surface area contributed by atoms with Crippen molar-refractivity contribution in [1.82, 2.24) is 10.2 Å². The van der Waals surface area contributed by atoms with E-state index in [-0.39, 0.29) is 5.41 Å². The minimum absolute atomic E-state index is 0.0481. The predicted molar refractivity (Wildman–Crippen MR) is 102 cm³/mol. The summed E-state index contributed by atoms with van der Waals surface area (Å²) in [4.78, 5) is 4.92. The highest BCUT2D eigenvalue weighted by Crippen LogP contribution is 2.61. The summed E-state index contributed by atoms with van der Waals surface area (Å²) in [5.41, 5.74) is 10.2. The van der Waals surface area contributed by atoms with E-state index in [0.29, 0.717) is 18.7 Å². The first-order valence-corrected chi connectivity index (χ1v) is 9.58. The molecule has 1 aromatic carbocycles. The number of nitrogens with zero attached hydrogens (tertiary/aromatic N) is 3. The summed E-state index contributed by atoms with van der Waals surface area (Å²) in [6, 6.07) is 10.8. The number of methoxy groups -OCH3 is 1. The standard InChI is InChI=1S/C21H24N4O2/c1-26-16-6-8-20(9-7-16)12-15-5-4-14(18-3-2-10-23-25-18)11-17(15)21(20)13-27-19(22)24-21/h2-5,10-11,16H,6-9,12-13H2,1H3,(H2,22,24)/t16-,20-,21?. The van der Waals surface area contributed by atoms with E-state index in [1.807, 2.05) is 19.2 Å². The van der Waals surface area contributed by atoms with Crippen molar-refractivity contribution in [3.63, 3.8) is 0 Å². The van der Waals surface area contributed by atoms with E-state index in [9.17, 15) is 0 Å². The van der Waals surface area contributed by atoms with Crippen LogP contribution in [0.15, 0.2) is 41.5 Å². The van der Waals surface area contributed by atoms with E-state index < -0.39 is 5.54 Å². The van der Waals surface area contributed by atoms with Crippen LogP contribution in [0.5, 0.6) is 0 Å². The van der Waals surface area contributed by atoms with Gasteiger partial charge < -0.3 is 15.2 Å². The molecule has 27 heavy (non-hydrogen) atoms. The van der Waals surface area contributed by atoms with Gasteiger partial charge in [-0.25, -0.2) is 4.99 Å². The Labute approximate surface area is 158 Å². The molecule has 2 spiro atoms. The van der Waals surface area contributed by atoms with Gasteiger partial charge in [0, 0.05) is 24.3 Å². The summed E-state index contributed by atoms with van der Waals surface area (Å²) in [7, 11) is 1.81. The van der Waals surface area contributed by atoms with E-state index in [1.165, 1.54) is 11.1 Å². The van der Waals surface area contributed by atoms with E-state index in [0.717, 1.165) is 43.4 Å². The Hall–Kier alpha value is -2.47. The zero-order chi connectivity index (χ0) is 18.5. The van der Waals surface area contributed by atoms with E-state index in [2.05, 4.69) is 28.4 Å². The molecule has 1 atom stereocenters. The molecule has 2 aromatic rings. The summed E-state index contributed by atoms with van der Waals surface area (Å²) < 4.78 is 11.4. The lowest BCUT2D eigenvalue weighted by molar-refractivity contribution is -0.00983. The van der Waals surface area contributed by atoms with Crippen molar-refractivity contribution in [3.05, 3.63) is 47.7 Å². The molecule has 1 aromatic heterocycles. The van der Waals surface area contributed by atoms with Crippen LogP contribution in [0.3, 0.4) is 0 Å². The molecule has 0 saturated heterocycles. The average Bonchev–Trinajstić information content (AvgIpc) is 3.23. The number of benzene rings is 1. The van der Waals surface area contributed by atoms with E-state index in [1.54, 1.807) is 6.20 Å². The quantitative estimate of drug-likeness (QED) is 0.886. The lowest BCUT2D eigenvalue weighted by Gasteiger charge is -2.45. The fraction of sp³-hybridized carbons (Fsp3) is 0.476. The number of hydrogen-bond acceptors (Lipinski definition) is 6. The topological polar surface area (TPSA) is 82.6 Å². The van der Waals surface area contributed by atoms with Crippen LogP contribution in [0.2, 0.25) is 0 Å². The molecule has 2 N–H and O–H groups in total. The molecule has 1 unspecified atom stereocenters. The van der Waals surface area contributed by atoms with Gasteiger partial charge in [-0.2, -0.15) is 10.2 Å². The maximum absolute atomic E-state index is 6.02. The largest absolute Gasteiger partial charge is 0.462 e. The van der Waals surface area contributed by atoms with Crippen molar-refractivity contribution in [1.29, 1.82) is 0 Å². The van der Waals surface area contributed by atoms with Gasteiger partial charge in [0.15, 0.2) is 0 Å². The van der Waals surface area contributed by atoms with Gasteiger partial charge in [0.25, 0.3) is 6.02 Å². The van der Waals surface area contributed by atoms with Gasteiger partial charge in [-0.15, -0.1) is 0 Å². The second-order valence-electron chi connectivity index (χ2n) is 7.97. The summed E-state index contributed by atoms with van der Waals surface area (Å²) in [5.74, 6) is 0. The molecule has 0 amide bonds. The fourth-order valence-corrected chi connectivity index (χ4v) is 5.34. The Kier molecular flexibility index (Phi) is 3.72. The van der Waals surface area contributed by atoms with Gasteiger partial charge in [0.05, 0.1) is 11.8 Å². The molecule has 1 aliphatic heterocycles. The van der Waals surface area contributed by atoms with Gasteiger partial charge in [-0.3, -0.25) is 0 Å². The highest BCUT2D eigenvalue weighted by Gasteiger charge is 2.61. The first-order valence-electron chi connectivity index (χ1n) is 9.58. The number of rotatable bonds is 2. The van der Waals surface area contributed by atoms with Gasteiger partial charge >= 0.3 is 0 Å². The average molecular weight is 364 g/mol. The van der Waals surface area contributed by atoms with Crippen molar-refractivity contribution in [2.45, 2.75) is 43.7 Å². The third-order valence-electron chi connectivity index (χ3n) is 6.78. The molecule has 2 aliphatic carbocycles. The van der Waals surface area contributed by atoms with Crippen LogP contribution in [-0.2, 0) is 21.4 Å². The van der Waals surface area contributed by atoms with Gasteiger partial charge in [0.1, 0.15) is 12.1 Å². The molecule has 3 aliphatic rings. The number of aromatic nitrogens is 2. The number of nitrogens with two attached hydrogens (primary N) is 1. The van der Waals surface area contributed by atoms with Gasteiger partial charge in [-0.05, 0) is 61.4 Å². The second kappa shape index (κ2) is 6.02. The molecule has 1 fully saturated rings. The molecular weight excluding hydrogens is 340 g/mol. The number of amidine groups is 1. The van der Waals surface area contributed by atoms with Crippen molar-refractivity contribution in [3.8, 4) is 11.3 Å². The van der Waals surface area contributed by atoms with Crippen molar-refractivity contribution < 1.29 is 9.47 Å². The van der Waals surface area contributed by atoms with E-state index >= 15 is 0 Å². The van der Waals surface area contributed by atoms with Crippen LogP contribution >= 0.6 is 0 Å². The minimum Gasteiger partial charge on any atom is -0.462 e. The Morgan fingerprint density at radius 3 is 2.74 bits per heavy atom. The summed E-state index contributed by atoms with van der Waals surface area (Å²) in [6.45, 7) is 0.521. The smallest absolute Gasteiger partial charge is 0.283 e. The maximum Gasteiger partial charge on any atom is 0.283 e. The number of hydrogen-bond donors (Lipinski definition) is 1. The molecule has 1 saturated carbocycles. The zero-order valence-corrected chi connectivity index (χ0v) is 15.5. The molecule has 6 nitrogen and oxygen atoms in total.